The standard InChI is InChI=1S/C14H22N2O4S/c1-9(2)14(10(3)4)15-21(19,20)12-7-6-11(5)13(8-12)16(17)18/h6-10,14-15H,1-5H3. The third-order valence-electron chi connectivity index (χ3n) is 3.42. The van der Waals surface area contributed by atoms with E-state index in [-0.39, 0.29) is 28.5 Å². The number of nitrogens with one attached hydrogen (secondary N) is 1. The zero-order chi connectivity index (χ0) is 16.4. The highest BCUT2D eigenvalue weighted by atomic mass is 32.2. The summed E-state index contributed by atoms with van der Waals surface area (Å²) in [4.78, 5) is 10.3. The number of hydrogen-bond donors (Lipinski definition) is 1. The lowest BCUT2D eigenvalue weighted by molar-refractivity contribution is -0.385. The van der Waals surface area contributed by atoms with E-state index >= 15 is 0 Å². The van der Waals surface area contributed by atoms with Gasteiger partial charge in [-0.1, -0.05) is 33.8 Å². The topological polar surface area (TPSA) is 89.3 Å². The molecule has 118 valence electrons. The first kappa shape index (κ1) is 17.6. The highest BCUT2D eigenvalue weighted by Crippen LogP contribution is 2.23. The second-order valence-corrected chi connectivity index (χ2v) is 7.55. The van der Waals surface area contributed by atoms with Crippen LogP contribution in [0.1, 0.15) is 33.3 Å². The van der Waals surface area contributed by atoms with Crippen LogP contribution in [0.5, 0.6) is 0 Å². The van der Waals surface area contributed by atoms with Crippen LogP contribution >= 0.6 is 0 Å². The van der Waals surface area contributed by atoms with Crippen LogP contribution < -0.4 is 4.72 Å². The molecule has 6 nitrogen and oxygen atoms in total. The van der Waals surface area contributed by atoms with Crippen molar-refractivity contribution in [3.63, 3.8) is 0 Å². The molecule has 0 atom stereocenters. The first-order valence-corrected chi connectivity index (χ1v) is 8.32. The van der Waals surface area contributed by atoms with Crippen molar-refractivity contribution in [1.29, 1.82) is 0 Å². The zero-order valence-electron chi connectivity index (χ0n) is 13.0. The highest BCUT2D eigenvalue weighted by Gasteiger charge is 2.26. The van der Waals surface area contributed by atoms with Crippen LogP contribution in [0.25, 0.3) is 0 Å². The molecule has 0 aliphatic rings. The lowest BCUT2D eigenvalue weighted by Crippen LogP contribution is -2.42. The Hall–Kier alpha value is -1.47. The fraction of sp³-hybridized carbons (Fsp3) is 0.571. The number of nitro groups is 1. The van der Waals surface area contributed by atoms with Gasteiger partial charge >= 0.3 is 0 Å². The molecule has 0 heterocycles. The fourth-order valence-electron chi connectivity index (χ4n) is 2.24. The number of sulfonamides is 1. The van der Waals surface area contributed by atoms with Gasteiger partial charge in [0.05, 0.1) is 9.82 Å². The molecule has 0 bridgehead atoms. The predicted molar refractivity (Wildman–Crippen MR) is 81.6 cm³/mol. The molecule has 1 aromatic carbocycles. The number of rotatable bonds is 6. The molecule has 21 heavy (non-hydrogen) atoms. The van der Waals surface area contributed by atoms with Crippen LogP contribution in [0.15, 0.2) is 23.1 Å². The minimum Gasteiger partial charge on any atom is -0.258 e. The SMILES string of the molecule is Cc1ccc(S(=O)(=O)NC(C(C)C)C(C)C)cc1[N+](=O)[O-]. The monoisotopic (exact) mass is 314 g/mol. The Morgan fingerprint density at radius 3 is 2.10 bits per heavy atom. The van der Waals surface area contributed by atoms with E-state index in [9.17, 15) is 18.5 Å². The van der Waals surface area contributed by atoms with Gasteiger partial charge in [-0.2, -0.15) is 0 Å². The summed E-state index contributed by atoms with van der Waals surface area (Å²) in [6, 6.07) is 3.72. The summed E-state index contributed by atoms with van der Waals surface area (Å²) in [6.07, 6.45) is 0. The molecule has 0 aromatic heterocycles. The number of aryl methyl sites for hydroxylation is 1. The van der Waals surface area contributed by atoms with Gasteiger partial charge in [-0.05, 0) is 24.8 Å². The van der Waals surface area contributed by atoms with Gasteiger partial charge in [-0.15, -0.1) is 0 Å². The van der Waals surface area contributed by atoms with Crippen LogP contribution in [0.4, 0.5) is 5.69 Å². The second kappa shape index (κ2) is 6.53. The zero-order valence-corrected chi connectivity index (χ0v) is 13.8. The molecule has 0 aliphatic carbocycles. The summed E-state index contributed by atoms with van der Waals surface area (Å²) >= 11 is 0. The van der Waals surface area contributed by atoms with Crippen LogP contribution in [0, 0.1) is 28.9 Å². The van der Waals surface area contributed by atoms with Gasteiger partial charge in [0.2, 0.25) is 10.0 Å². The molecule has 0 fully saturated rings. The Morgan fingerprint density at radius 2 is 1.67 bits per heavy atom. The fourth-order valence-corrected chi connectivity index (χ4v) is 3.79. The van der Waals surface area contributed by atoms with E-state index in [1.807, 2.05) is 27.7 Å². The van der Waals surface area contributed by atoms with Gasteiger partial charge in [0.15, 0.2) is 0 Å². The molecule has 0 saturated heterocycles. The maximum atomic E-state index is 12.4. The Morgan fingerprint density at radius 1 is 1.14 bits per heavy atom. The molecule has 1 rings (SSSR count). The molecule has 0 aliphatic heterocycles. The average molecular weight is 314 g/mol. The quantitative estimate of drug-likeness (QED) is 0.646. The number of nitro benzene ring substituents is 1. The third-order valence-corrected chi connectivity index (χ3v) is 4.87. The van der Waals surface area contributed by atoms with Gasteiger partial charge in [-0.25, -0.2) is 13.1 Å². The van der Waals surface area contributed by atoms with Crippen molar-refractivity contribution in [2.45, 2.75) is 45.6 Å². The first-order chi connectivity index (χ1) is 9.56. The van der Waals surface area contributed by atoms with Crippen molar-refractivity contribution in [3.8, 4) is 0 Å². The molecule has 1 N–H and O–H groups in total. The molecule has 0 radical (unpaired) electrons. The normalized spacial score (nSPS) is 12.4. The lowest BCUT2D eigenvalue weighted by Gasteiger charge is -2.25. The van der Waals surface area contributed by atoms with E-state index in [2.05, 4.69) is 4.72 Å². The van der Waals surface area contributed by atoms with Crippen LogP contribution in [0.2, 0.25) is 0 Å². The number of hydrogen-bond acceptors (Lipinski definition) is 4. The molecule has 0 amide bonds. The predicted octanol–water partition coefficient (Wildman–Crippen LogP) is 2.86. The Kier molecular flexibility index (Phi) is 5.47. The Bertz CT molecular complexity index is 616. The average Bonchev–Trinajstić information content (AvgIpc) is 2.35. The smallest absolute Gasteiger partial charge is 0.258 e. The van der Waals surface area contributed by atoms with Crippen molar-refractivity contribution in [2.24, 2.45) is 11.8 Å². The number of nitrogens with zero attached hydrogens (tertiary/aromatic N) is 1. The van der Waals surface area contributed by atoms with Gasteiger partial charge in [-0.3, -0.25) is 10.1 Å². The van der Waals surface area contributed by atoms with Crippen molar-refractivity contribution in [2.75, 3.05) is 0 Å². The minimum absolute atomic E-state index is 0.0777. The molecule has 0 saturated carbocycles. The van der Waals surface area contributed by atoms with Crippen molar-refractivity contribution in [1.82, 2.24) is 4.72 Å². The summed E-state index contributed by atoms with van der Waals surface area (Å²) in [5, 5.41) is 10.9. The van der Waals surface area contributed by atoms with E-state index in [0.717, 1.165) is 6.07 Å². The summed E-state index contributed by atoms with van der Waals surface area (Å²) in [5.41, 5.74) is 0.242. The van der Waals surface area contributed by atoms with Crippen LogP contribution in [-0.2, 0) is 10.0 Å². The molecule has 1 aromatic rings. The van der Waals surface area contributed by atoms with Crippen molar-refractivity contribution < 1.29 is 13.3 Å². The highest BCUT2D eigenvalue weighted by molar-refractivity contribution is 7.89. The van der Waals surface area contributed by atoms with E-state index < -0.39 is 14.9 Å². The van der Waals surface area contributed by atoms with Gasteiger partial charge in [0, 0.05) is 17.7 Å². The molecule has 0 unspecified atom stereocenters. The summed E-state index contributed by atoms with van der Waals surface area (Å²) < 4.78 is 27.5. The Labute approximate surface area is 125 Å². The van der Waals surface area contributed by atoms with E-state index in [4.69, 9.17) is 0 Å². The van der Waals surface area contributed by atoms with Gasteiger partial charge in [0.25, 0.3) is 5.69 Å². The first-order valence-electron chi connectivity index (χ1n) is 6.83. The largest absolute Gasteiger partial charge is 0.273 e. The Balaban J connectivity index is 3.19. The van der Waals surface area contributed by atoms with Crippen LogP contribution in [-0.4, -0.2) is 19.4 Å². The molecular formula is C14H22N2O4S. The minimum atomic E-state index is -3.78. The molecular weight excluding hydrogens is 292 g/mol. The van der Waals surface area contributed by atoms with E-state index in [1.165, 1.54) is 12.1 Å². The van der Waals surface area contributed by atoms with Crippen molar-refractivity contribution >= 4 is 15.7 Å². The van der Waals surface area contributed by atoms with Crippen LogP contribution in [0.3, 0.4) is 0 Å². The van der Waals surface area contributed by atoms with Crippen molar-refractivity contribution in [3.05, 3.63) is 33.9 Å². The van der Waals surface area contributed by atoms with E-state index in [1.54, 1.807) is 6.92 Å². The third kappa shape index (κ3) is 4.25. The lowest BCUT2D eigenvalue weighted by atomic mass is 9.94. The summed E-state index contributed by atoms with van der Waals surface area (Å²) in [7, 11) is -3.78. The van der Waals surface area contributed by atoms with Gasteiger partial charge in [0.1, 0.15) is 0 Å². The maximum absolute atomic E-state index is 12.4. The van der Waals surface area contributed by atoms with Gasteiger partial charge < -0.3 is 0 Å². The molecule has 0 spiro atoms. The maximum Gasteiger partial charge on any atom is 0.273 e. The summed E-state index contributed by atoms with van der Waals surface area (Å²) in [5.74, 6) is 0.250. The summed E-state index contributed by atoms with van der Waals surface area (Å²) in [6.45, 7) is 9.32. The number of benzene rings is 1. The van der Waals surface area contributed by atoms with E-state index in [0.29, 0.717) is 5.56 Å². The second-order valence-electron chi connectivity index (χ2n) is 5.84. The molecule has 7 heteroatoms.